The summed E-state index contributed by atoms with van der Waals surface area (Å²) < 4.78 is 0. The van der Waals surface area contributed by atoms with Gasteiger partial charge in [-0.2, -0.15) is 0 Å². The number of fused-ring (bicyclic) bond motifs is 1. The molecule has 0 aliphatic carbocycles. The van der Waals surface area contributed by atoms with Gasteiger partial charge in [0.15, 0.2) is 0 Å². The monoisotopic (exact) mass is 306 g/mol. The molecule has 3 nitrogen and oxygen atoms in total. The summed E-state index contributed by atoms with van der Waals surface area (Å²) in [5.74, 6) is -0.0164. The molecule has 5 heteroatoms. The number of amides is 1. The Morgan fingerprint density at radius 1 is 1.25 bits per heavy atom. The van der Waals surface area contributed by atoms with E-state index in [1.165, 1.54) is 4.88 Å². The van der Waals surface area contributed by atoms with Gasteiger partial charge in [0, 0.05) is 9.90 Å². The van der Waals surface area contributed by atoms with Crippen molar-refractivity contribution in [1.82, 2.24) is 5.32 Å². The number of anilines is 1. The molecule has 0 spiro atoms. The highest BCUT2D eigenvalue weighted by Crippen LogP contribution is 2.34. The van der Waals surface area contributed by atoms with Crippen molar-refractivity contribution in [3.63, 3.8) is 0 Å². The number of hydrogen-bond donors (Lipinski definition) is 2. The Morgan fingerprint density at radius 3 is 2.70 bits per heavy atom. The molecule has 1 aromatic heterocycles. The van der Waals surface area contributed by atoms with Crippen molar-refractivity contribution in [3.8, 4) is 0 Å². The predicted molar refractivity (Wildman–Crippen MR) is 83.6 cm³/mol. The molecule has 3 rings (SSSR count). The summed E-state index contributed by atoms with van der Waals surface area (Å²) in [5.41, 5.74) is 1.75. The lowest BCUT2D eigenvalue weighted by Crippen LogP contribution is -2.37. The van der Waals surface area contributed by atoms with E-state index in [0.29, 0.717) is 5.02 Å². The van der Waals surface area contributed by atoms with Crippen molar-refractivity contribution >= 4 is 33.8 Å². The predicted octanol–water partition coefficient (Wildman–Crippen LogP) is 4.21. The third kappa shape index (κ3) is 2.53. The summed E-state index contributed by atoms with van der Waals surface area (Å²) in [7, 11) is 0. The van der Waals surface area contributed by atoms with Crippen molar-refractivity contribution in [2.75, 3.05) is 5.32 Å². The average molecular weight is 307 g/mol. The van der Waals surface area contributed by atoms with Gasteiger partial charge in [-0.15, -0.1) is 11.3 Å². The first-order valence-electron chi connectivity index (χ1n) is 6.63. The number of halogens is 1. The van der Waals surface area contributed by atoms with E-state index in [-0.39, 0.29) is 12.1 Å². The lowest BCUT2D eigenvalue weighted by molar-refractivity contribution is 0.0936. The minimum Gasteiger partial charge on any atom is -0.353 e. The first-order chi connectivity index (χ1) is 9.67. The highest BCUT2D eigenvalue weighted by atomic mass is 35.5. The number of carbonyl (C=O) groups excluding carboxylic acids is 1. The van der Waals surface area contributed by atoms with E-state index >= 15 is 0 Å². The molecule has 0 saturated carbocycles. The van der Waals surface area contributed by atoms with E-state index in [4.69, 9.17) is 11.6 Å². The zero-order valence-electron chi connectivity index (χ0n) is 11.1. The normalized spacial score (nSPS) is 17.3. The van der Waals surface area contributed by atoms with Crippen LogP contribution in [0.25, 0.3) is 0 Å². The van der Waals surface area contributed by atoms with Gasteiger partial charge in [-0.25, -0.2) is 0 Å². The smallest absolute Gasteiger partial charge is 0.256 e. The van der Waals surface area contributed by atoms with Crippen LogP contribution >= 0.6 is 22.9 Å². The van der Waals surface area contributed by atoms with Crippen LogP contribution in [-0.2, 0) is 6.42 Å². The molecule has 0 radical (unpaired) electrons. The fourth-order valence-electron chi connectivity index (χ4n) is 2.29. The Kier molecular flexibility index (Phi) is 3.68. The minimum absolute atomic E-state index is 0.0164. The summed E-state index contributed by atoms with van der Waals surface area (Å²) in [6, 6.07) is 9.50. The molecule has 1 aliphatic heterocycles. The van der Waals surface area contributed by atoms with Crippen molar-refractivity contribution in [3.05, 3.63) is 51.4 Å². The van der Waals surface area contributed by atoms with Gasteiger partial charge in [0.25, 0.3) is 5.91 Å². The molecule has 1 aliphatic rings. The zero-order valence-corrected chi connectivity index (χ0v) is 12.6. The third-order valence-electron chi connectivity index (χ3n) is 3.28. The van der Waals surface area contributed by atoms with Gasteiger partial charge < -0.3 is 10.6 Å². The van der Waals surface area contributed by atoms with Gasteiger partial charge in [0.05, 0.1) is 5.56 Å². The molecule has 104 valence electrons. The largest absolute Gasteiger partial charge is 0.353 e. The summed E-state index contributed by atoms with van der Waals surface area (Å²) in [4.78, 5) is 13.4. The van der Waals surface area contributed by atoms with E-state index in [9.17, 15) is 4.79 Å². The van der Waals surface area contributed by atoms with E-state index < -0.39 is 0 Å². The first kappa shape index (κ1) is 13.5. The average Bonchev–Trinajstić information content (AvgIpc) is 2.83. The zero-order chi connectivity index (χ0) is 14.1. The summed E-state index contributed by atoms with van der Waals surface area (Å²) in [5, 5.41) is 8.01. The van der Waals surface area contributed by atoms with E-state index in [0.717, 1.165) is 29.0 Å². The molecule has 1 atom stereocenters. The van der Waals surface area contributed by atoms with Crippen LogP contribution in [0.1, 0.15) is 40.3 Å². The first-order valence-corrected chi connectivity index (χ1v) is 7.82. The number of aryl methyl sites for hydroxylation is 1. The Hall–Kier alpha value is -1.52. The molecule has 0 bridgehead atoms. The second-order valence-corrected chi connectivity index (χ2v) is 6.38. The Bertz CT molecular complexity index is 636. The third-order valence-corrected chi connectivity index (χ3v) is 4.66. The second kappa shape index (κ2) is 5.46. The summed E-state index contributed by atoms with van der Waals surface area (Å²) in [6.07, 6.45) is 1.90. The van der Waals surface area contributed by atoms with Crippen LogP contribution in [0.15, 0.2) is 30.3 Å². The number of thiophene rings is 1. The molecular formula is C15H15ClN2OS. The number of rotatable bonds is 3. The number of nitrogens with one attached hydrogen (secondary N) is 2. The quantitative estimate of drug-likeness (QED) is 0.892. The van der Waals surface area contributed by atoms with Crippen LogP contribution in [0, 0.1) is 0 Å². The Labute approximate surface area is 127 Å². The Balaban J connectivity index is 1.88. The van der Waals surface area contributed by atoms with Crippen LogP contribution in [0.4, 0.5) is 5.00 Å². The highest BCUT2D eigenvalue weighted by molar-refractivity contribution is 7.16. The topological polar surface area (TPSA) is 41.1 Å². The van der Waals surface area contributed by atoms with Crippen molar-refractivity contribution in [1.29, 1.82) is 0 Å². The van der Waals surface area contributed by atoms with Crippen LogP contribution in [0.2, 0.25) is 5.02 Å². The van der Waals surface area contributed by atoms with Gasteiger partial charge in [-0.05, 0) is 30.2 Å². The molecule has 20 heavy (non-hydrogen) atoms. The summed E-state index contributed by atoms with van der Waals surface area (Å²) >= 11 is 7.56. The molecule has 0 saturated heterocycles. The van der Waals surface area contributed by atoms with E-state index in [1.54, 1.807) is 11.3 Å². The van der Waals surface area contributed by atoms with Gasteiger partial charge >= 0.3 is 0 Å². The molecule has 2 heterocycles. The number of hydrogen-bond acceptors (Lipinski definition) is 3. The van der Waals surface area contributed by atoms with Gasteiger partial charge in [-0.3, -0.25) is 4.79 Å². The maximum Gasteiger partial charge on any atom is 0.256 e. The second-order valence-electron chi connectivity index (χ2n) is 4.81. The van der Waals surface area contributed by atoms with Crippen LogP contribution in [-0.4, -0.2) is 5.91 Å². The molecule has 2 N–H and O–H groups in total. The van der Waals surface area contributed by atoms with E-state index in [1.807, 2.05) is 30.3 Å². The maximum absolute atomic E-state index is 12.2. The van der Waals surface area contributed by atoms with Crippen LogP contribution < -0.4 is 10.6 Å². The minimum atomic E-state index is -0.194. The lowest BCUT2D eigenvalue weighted by atomic mass is 10.1. The van der Waals surface area contributed by atoms with Crippen LogP contribution in [0.5, 0.6) is 0 Å². The van der Waals surface area contributed by atoms with Gasteiger partial charge in [0.1, 0.15) is 11.2 Å². The maximum atomic E-state index is 12.2. The van der Waals surface area contributed by atoms with Crippen molar-refractivity contribution in [2.24, 2.45) is 0 Å². The van der Waals surface area contributed by atoms with Gasteiger partial charge in [0.2, 0.25) is 0 Å². The number of benzene rings is 1. The Morgan fingerprint density at radius 2 is 2.00 bits per heavy atom. The standard InChI is InChI=1S/C15H15ClN2OS/c1-2-3-11-8-12-14(19)17-13(18-15(12)20-11)9-4-6-10(16)7-5-9/h4-8,13,18H,2-3H2,1H3,(H,17,19)/t13-/m1/s1. The number of carbonyl (C=O) groups is 1. The van der Waals surface area contributed by atoms with Crippen molar-refractivity contribution in [2.45, 2.75) is 25.9 Å². The fourth-order valence-corrected chi connectivity index (χ4v) is 3.59. The molecule has 1 aromatic carbocycles. The molecule has 0 unspecified atom stereocenters. The molecular weight excluding hydrogens is 292 g/mol. The summed E-state index contributed by atoms with van der Waals surface area (Å²) in [6.45, 7) is 2.14. The van der Waals surface area contributed by atoms with Crippen molar-refractivity contribution < 1.29 is 4.79 Å². The fraction of sp³-hybridized carbons (Fsp3) is 0.267. The van der Waals surface area contributed by atoms with Gasteiger partial charge in [-0.1, -0.05) is 37.1 Å². The highest BCUT2D eigenvalue weighted by Gasteiger charge is 2.26. The molecule has 2 aromatic rings. The molecule has 1 amide bonds. The van der Waals surface area contributed by atoms with Crippen LogP contribution in [0.3, 0.4) is 0 Å². The SMILES string of the molecule is CCCc1cc2c(s1)N[C@H](c1ccc(Cl)cc1)NC2=O. The lowest BCUT2D eigenvalue weighted by Gasteiger charge is -2.25. The molecule has 0 fully saturated rings. The van der Waals surface area contributed by atoms with E-state index in [2.05, 4.69) is 17.6 Å².